The van der Waals surface area contributed by atoms with E-state index >= 15 is 0 Å². The Morgan fingerprint density at radius 2 is 1.74 bits per heavy atom. The highest BCUT2D eigenvalue weighted by atomic mass is 16.5. The van der Waals surface area contributed by atoms with Gasteiger partial charge in [0.2, 0.25) is 11.8 Å². The zero-order valence-electron chi connectivity index (χ0n) is 17.2. The van der Waals surface area contributed by atoms with Gasteiger partial charge in [-0.15, -0.1) is 0 Å². The third-order valence-corrected chi connectivity index (χ3v) is 4.23. The number of nitrogens with one attached hydrogen (secondary N) is 1. The predicted octanol–water partition coefficient (Wildman–Crippen LogP) is 4.61. The van der Waals surface area contributed by atoms with Crippen molar-refractivity contribution >= 4 is 17.7 Å². The molecule has 0 radical (unpaired) electrons. The van der Waals surface area contributed by atoms with E-state index in [1.165, 1.54) is 12.3 Å². The predicted molar refractivity (Wildman–Crippen MR) is 117 cm³/mol. The quantitative estimate of drug-likeness (QED) is 0.540. The molecular formula is C24H21N3O4. The van der Waals surface area contributed by atoms with Gasteiger partial charge in [-0.05, 0) is 47.5 Å². The number of aromatic nitrogens is 1. The van der Waals surface area contributed by atoms with E-state index in [0.717, 1.165) is 11.1 Å². The largest absolute Gasteiger partial charge is 0.497 e. The summed E-state index contributed by atoms with van der Waals surface area (Å²) >= 11 is 0. The number of hydrogen-bond acceptors (Lipinski definition) is 6. The van der Waals surface area contributed by atoms with Crippen LogP contribution in [0.1, 0.15) is 11.1 Å². The van der Waals surface area contributed by atoms with Gasteiger partial charge in [-0.25, -0.2) is 4.98 Å². The van der Waals surface area contributed by atoms with Crippen molar-refractivity contribution in [2.45, 2.75) is 6.42 Å². The van der Waals surface area contributed by atoms with Crippen molar-refractivity contribution in [2.24, 2.45) is 0 Å². The molecule has 0 bridgehead atoms. The number of rotatable bonds is 8. The van der Waals surface area contributed by atoms with Crippen LogP contribution in [0, 0.1) is 11.3 Å². The summed E-state index contributed by atoms with van der Waals surface area (Å²) in [7, 11) is 3.14. The topological polar surface area (TPSA) is 93.5 Å². The molecule has 3 rings (SSSR count). The molecule has 3 aromatic rings. The molecule has 0 atom stereocenters. The van der Waals surface area contributed by atoms with E-state index in [2.05, 4.69) is 16.4 Å². The van der Waals surface area contributed by atoms with Crippen molar-refractivity contribution in [3.63, 3.8) is 0 Å². The van der Waals surface area contributed by atoms with Crippen LogP contribution < -0.4 is 19.5 Å². The summed E-state index contributed by atoms with van der Waals surface area (Å²) in [6, 6.07) is 18.0. The third kappa shape index (κ3) is 6.34. The number of amides is 1. The van der Waals surface area contributed by atoms with Gasteiger partial charge in [0.15, 0.2) is 0 Å². The molecule has 7 nitrogen and oxygen atoms in total. The molecule has 0 unspecified atom stereocenters. The van der Waals surface area contributed by atoms with Crippen LogP contribution >= 0.6 is 0 Å². The van der Waals surface area contributed by atoms with E-state index in [1.807, 2.05) is 12.1 Å². The zero-order valence-corrected chi connectivity index (χ0v) is 17.2. The number of nitriles is 1. The lowest BCUT2D eigenvalue weighted by molar-refractivity contribution is -0.111. The molecule has 31 heavy (non-hydrogen) atoms. The van der Waals surface area contributed by atoms with Gasteiger partial charge in [0.25, 0.3) is 0 Å². The maximum absolute atomic E-state index is 12.2. The molecule has 1 aromatic heterocycles. The van der Waals surface area contributed by atoms with Crippen LogP contribution in [0.5, 0.6) is 23.1 Å². The number of ether oxygens (including phenoxy) is 3. The molecule has 0 spiro atoms. The Kier molecular flexibility index (Phi) is 7.22. The fraction of sp³-hybridized carbons (Fsp3) is 0.125. The summed E-state index contributed by atoms with van der Waals surface area (Å²) in [5.74, 6) is 1.98. The monoisotopic (exact) mass is 415 g/mol. The van der Waals surface area contributed by atoms with Crippen molar-refractivity contribution in [3.05, 3.63) is 78.0 Å². The van der Waals surface area contributed by atoms with Crippen LogP contribution in [-0.4, -0.2) is 25.1 Å². The van der Waals surface area contributed by atoms with Crippen LogP contribution in [-0.2, 0) is 11.2 Å². The van der Waals surface area contributed by atoms with Gasteiger partial charge in [-0.3, -0.25) is 4.79 Å². The Bertz CT molecular complexity index is 1080. The lowest BCUT2D eigenvalue weighted by Gasteiger charge is -2.07. The summed E-state index contributed by atoms with van der Waals surface area (Å²) in [4.78, 5) is 16.4. The van der Waals surface area contributed by atoms with Crippen molar-refractivity contribution in [1.82, 2.24) is 4.98 Å². The second-order valence-electron chi connectivity index (χ2n) is 6.43. The fourth-order valence-electron chi connectivity index (χ4n) is 2.68. The molecule has 2 aromatic carbocycles. The number of carbonyl (C=O) groups excluding carboxylic acids is 1. The van der Waals surface area contributed by atoms with Gasteiger partial charge in [-0.1, -0.05) is 12.1 Å². The van der Waals surface area contributed by atoms with Gasteiger partial charge in [-0.2, -0.15) is 5.26 Å². The molecule has 0 saturated carbocycles. The molecule has 0 saturated heterocycles. The first-order valence-corrected chi connectivity index (χ1v) is 9.41. The van der Waals surface area contributed by atoms with Gasteiger partial charge < -0.3 is 19.5 Å². The highest BCUT2D eigenvalue weighted by Gasteiger charge is 2.04. The fourth-order valence-corrected chi connectivity index (χ4v) is 2.68. The molecule has 0 aliphatic heterocycles. The van der Waals surface area contributed by atoms with E-state index in [1.54, 1.807) is 62.8 Å². The number of hydrogen-bond donors (Lipinski definition) is 1. The lowest BCUT2D eigenvalue weighted by atomic mass is 10.2. The molecule has 0 aliphatic carbocycles. The van der Waals surface area contributed by atoms with Gasteiger partial charge in [0, 0.05) is 18.2 Å². The van der Waals surface area contributed by atoms with Gasteiger partial charge >= 0.3 is 0 Å². The second-order valence-corrected chi connectivity index (χ2v) is 6.43. The van der Waals surface area contributed by atoms with Crippen LogP contribution in [0.2, 0.25) is 0 Å². The Balaban J connectivity index is 1.58. The Labute approximate surface area is 180 Å². The minimum atomic E-state index is -0.301. The Morgan fingerprint density at radius 3 is 2.32 bits per heavy atom. The number of benzene rings is 2. The van der Waals surface area contributed by atoms with Crippen molar-refractivity contribution in [1.29, 1.82) is 5.26 Å². The van der Waals surface area contributed by atoms with E-state index in [0.29, 0.717) is 35.2 Å². The Morgan fingerprint density at radius 1 is 1.03 bits per heavy atom. The van der Waals surface area contributed by atoms with Gasteiger partial charge in [0.05, 0.1) is 38.6 Å². The summed E-state index contributed by atoms with van der Waals surface area (Å²) in [5, 5.41) is 11.5. The summed E-state index contributed by atoms with van der Waals surface area (Å²) in [5.41, 5.74) is 2.23. The lowest BCUT2D eigenvalue weighted by Crippen LogP contribution is -2.07. The first-order valence-electron chi connectivity index (χ1n) is 9.41. The first-order chi connectivity index (χ1) is 15.1. The molecule has 1 N–H and O–H groups in total. The average molecular weight is 415 g/mol. The highest BCUT2D eigenvalue weighted by molar-refractivity contribution is 6.01. The maximum atomic E-state index is 12.2. The summed E-state index contributed by atoms with van der Waals surface area (Å²) < 4.78 is 16.1. The Hall–Kier alpha value is -4.31. The van der Waals surface area contributed by atoms with E-state index in [9.17, 15) is 4.79 Å². The smallest absolute Gasteiger partial charge is 0.248 e. The van der Waals surface area contributed by atoms with Crippen LogP contribution in [0.3, 0.4) is 0 Å². The number of methoxy groups -OCH3 is 2. The molecule has 0 fully saturated rings. The number of pyridine rings is 1. The number of nitrogens with zero attached hydrogens (tertiary/aromatic N) is 2. The zero-order chi connectivity index (χ0) is 22.1. The summed E-state index contributed by atoms with van der Waals surface area (Å²) in [6.45, 7) is 0. The minimum absolute atomic E-state index is 0.301. The van der Waals surface area contributed by atoms with Crippen LogP contribution in [0.15, 0.2) is 66.9 Å². The molecule has 1 amide bonds. The molecule has 0 aliphatic rings. The van der Waals surface area contributed by atoms with Crippen LogP contribution in [0.4, 0.5) is 5.69 Å². The average Bonchev–Trinajstić information content (AvgIpc) is 2.80. The normalized spacial score (nSPS) is 10.4. The number of anilines is 1. The SMILES string of the molecule is COc1cc(C=CC(=O)Nc2ccc(Oc3ccc(CC#N)cc3)nc2)cc(OC)c1. The molecular weight excluding hydrogens is 394 g/mol. The molecule has 1 heterocycles. The minimum Gasteiger partial charge on any atom is -0.497 e. The standard InChI is InChI=1S/C24H21N3O4/c1-29-21-13-18(14-22(15-21)30-2)5-9-23(28)27-19-6-10-24(26-16-19)31-20-7-3-17(4-8-20)11-12-25/h3-10,13-16H,11H2,1-2H3,(H,27,28). The molecule has 7 heteroatoms. The van der Waals surface area contributed by atoms with Crippen LogP contribution in [0.25, 0.3) is 6.08 Å². The van der Waals surface area contributed by atoms with Gasteiger partial charge in [0.1, 0.15) is 17.2 Å². The second kappa shape index (κ2) is 10.5. The van der Waals surface area contributed by atoms with Crippen molar-refractivity contribution in [2.75, 3.05) is 19.5 Å². The maximum Gasteiger partial charge on any atom is 0.248 e. The van der Waals surface area contributed by atoms with E-state index in [4.69, 9.17) is 19.5 Å². The highest BCUT2D eigenvalue weighted by Crippen LogP contribution is 2.24. The molecule has 156 valence electrons. The summed E-state index contributed by atoms with van der Waals surface area (Å²) in [6.07, 6.45) is 4.95. The third-order valence-electron chi connectivity index (χ3n) is 4.23. The first kappa shape index (κ1) is 21.4. The van der Waals surface area contributed by atoms with Crippen molar-refractivity contribution < 1.29 is 19.0 Å². The number of carbonyl (C=O) groups is 1. The van der Waals surface area contributed by atoms with E-state index in [-0.39, 0.29) is 5.91 Å². The van der Waals surface area contributed by atoms with E-state index < -0.39 is 0 Å². The van der Waals surface area contributed by atoms with Crippen molar-refractivity contribution in [3.8, 4) is 29.2 Å².